The molecule has 4 nitrogen and oxygen atoms in total. The lowest BCUT2D eigenvalue weighted by atomic mass is 9.89. The molecule has 1 aromatic carbocycles. The van der Waals surface area contributed by atoms with Gasteiger partial charge in [0, 0.05) is 10.6 Å². The monoisotopic (exact) mass is 367 g/mol. The number of thiophene rings is 1. The molecular weight excluding hydrogens is 342 g/mol. The number of anilines is 1. The zero-order valence-electron chi connectivity index (χ0n) is 15.8. The molecule has 5 heteroatoms. The van der Waals surface area contributed by atoms with Gasteiger partial charge in [-0.15, -0.1) is 11.3 Å². The average Bonchev–Trinajstić information content (AvgIpc) is 2.91. The Balaban J connectivity index is 1.69. The molecule has 2 aromatic heterocycles. The predicted molar refractivity (Wildman–Crippen MR) is 109 cm³/mol. The maximum absolute atomic E-state index is 12.8. The summed E-state index contributed by atoms with van der Waals surface area (Å²) in [6.07, 6.45) is 3.23. The van der Waals surface area contributed by atoms with Gasteiger partial charge in [-0.3, -0.25) is 4.79 Å². The normalized spacial score (nSPS) is 17.9. The Labute approximate surface area is 157 Å². The van der Waals surface area contributed by atoms with Gasteiger partial charge >= 0.3 is 0 Å². The predicted octanol–water partition coefficient (Wildman–Crippen LogP) is 4.90. The lowest BCUT2D eigenvalue weighted by molar-refractivity contribution is 0.509. The molecule has 2 N–H and O–H groups in total. The van der Waals surface area contributed by atoms with E-state index in [1.807, 2.05) is 6.92 Å². The summed E-state index contributed by atoms with van der Waals surface area (Å²) in [5, 5.41) is 4.29. The molecule has 0 fully saturated rings. The number of hydrogen-bond acceptors (Lipinski definition) is 4. The highest BCUT2D eigenvalue weighted by molar-refractivity contribution is 7.18. The lowest BCUT2D eigenvalue weighted by Crippen LogP contribution is -2.18. The van der Waals surface area contributed by atoms with Gasteiger partial charge in [-0.2, -0.15) is 0 Å². The topological polar surface area (TPSA) is 57.8 Å². The first-order valence-electron chi connectivity index (χ1n) is 9.30. The molecule has 1 aliphatic rings. The highest BCUT2D eigenvalue weighted by atomic mass is 32.1. The molecule has 0 saturated carbocycles. The van der Waals surface area contributed by atoms with Crippen LogP contribution < -0.4 is 10.9 Å². The van der Waals surface area contributed by atoms with Crippen LogP contribution in [0.5, 0.6) is 0 Å². The molecule has 0 unspecified atom stereocenters. The van der Waals surface area contributed by atoms with Crippen LogP contribution in [0.2, 0.25) is 0 Å². The molecule has 0 radical (unpaired) electrons. The van der Waals surface area contributed by atoms with E-state index in [0.29, 0.717) is 11.7 Å². The first-order chi connectivity index (χ1) is 12.4. The highest BCUT2D eigenvalue weighted by Gasteiger charge is 2.23. The number of aromatic amines is 1. The lowest BCUT2D eigenvalue weighted by Gasteiger charge is -2.17. The van der Waals surface area contributed by atoms with Crippen molar-refractivity contribution in [2.45, 2.75) is 53.0 Å². The Bertz CT molecular complexity index is 1010. The average molecular weight is 368 g/mol. The number of aromatic nitrogens is 2. The van der Waals surface area contributed by atoms with Crippen molar-refractivity contribution < 1.29 is 0 Å². The SMILES string of the molecule is Cc1cc(C)cc(N[C@@H](C)c2nc3sc4c(c3c(=O)[nH]2)CC[C@@H](C)C4)c1. The van der Waals surface area contributed by atoms with Gasteiger partial charge in [0.15, 0.2) is 0 Å². The van der Waals surface area contributed by atoms with Crippen molar-refractivity contribution >= 4 is 27.2 Å². The van der Waals surface area contributed by atoms with Crippen LogP contribution in [0.1, 0.15) is 53.7 Å². The molecule has 0 spiro atoms. The first kappa shape index (κ1) is 17.3. The van der Waals surface area contributed by atoms with Gasteiger partial charge in [0.1, 0.15) is 10.7 Å². The van der Waals surface area contributed by atoms with E-state index in [0.717, 1.165) is 35.2 Å². The summed E-state index contributed by atoms with van der Waals surface area (Å²) >= 11 is 1.70. The quantitative estimate of drug-likeness (QED) is 0.692. The second kappa shape index (κ2) is 6.54. The molecule has 2 atom stereocenters. The largest absolute Gasteiger partial charge is 0.375 e. The van der Waals surface area contributed by atoms with E-state index >= 15 is 0 Å². The van der Waals surface area contributed by atoms with Gasteiger partial charge in [0.05, 0.1) is 11.4 Å². The van der Waals surface area contributed by atoms with Crippen molar-refractivity contribution in [1.82, 2.24) is 9.97 Å². The molecule has 136 valence electrons. The number of H-pyrrole nitrogens is 1. The van der Waals surface area contributed by atoms with Crippen LogP contribution in [0.15, 0.2) is 23.0 Å². The first-order valence-corrected chi connectivity index (χ1v) is 10.1. The van der Waals surface area contributed by atoms with Gasteiger partial charge in [0.25, 0.3) is 5.56 Å². The van der Waals surface area contributed by atoms with E-state index in [1.54, 1.807) is 11.3 Å². The summed E-state index contributed by atoms with van der Waals surface area (Å²) in [6, 6.07) is 6.32. The van der Waals surface area contributed by atoms with E-state index in [1.165, 1.54) is 21.6 Å². The maximum atomic E-state index is 12.8. The molecule has 1 aliphatic carbocycles. The Morgan fingerprint density at radius 2 is 2.00 bits per heavy atom. The Morgan fingerprint density at radius 3 is 2.73 bits per heavy atom. The molecule has 0 saturated heterocycles. The third-order valence-corrected chi connectivity index (χ3v) is 6.35. The fourth-order valence-corrected chi connectivity index (χ4v) is 5.34. The van der Waals surface area contributed by atoms with Crippen LogP contribution in [-0.2, 0) is 12.8 Å². The number of fused-ring (bicyclic) bond motifs is 3. The number of hydrogen-bond donors (Lipinski definition) is 2. The summed E-state index contributed by atoms with van der Waals surface area (Å²) in [5.41, 5.74) is 4.73. The maximum Gasteiger partial charge on any atom is 0.259 e. The molecule has 0 aliphatic heterocycles. The second-order valence-corrected chi connectivity index (χ2v) is 8.81. The minimum Gasteiger partial charge on any atom is -0.375 e. The number of nitrogens with zero attached hydrogens (tertiary/aromatic N) is 1. The third-order valence-electron chi connectivity index (χ3n) is 5.20. The standard InChI is InChI=1S/C21H25N3OS/c1-11-5-6-16-17(10-11)26-21-18(16)20(25)23-19(24-21)14(4)22-15-8-12(2)7-13(3)9-15/h7-9,11,14,22H,5-6,10H2,1-4H3,(H,23,24,25)/t11-,14+/m1/s1. The number of benzene rings is 1. The van der Waals surface area contributed by atoms with Crippen molar-refractivity contribution in [2.24, 2.45) is 5.92 Å². The number of aryl methyl sites for hydroxylation is 3. The molecule has 0 amide bonds. The van der Waals surface area contributed by atoms with Gasteiger partial charge in [0.2, 0.25) is 0 Å². The third kappa shape index (κ3) is 3.16. The summed E-state index contributed by atoms with van der Waals surface area (Å²) < 4.78 is 0. The Morgan fingerprint density at radius 1 is 1.27 bits per heavy atom. The van der Waals surface area contributed by atoms with Crippen LogP contribution in [0.25, 0.3) is 10.2 Å². The van der Waals surface area contributed by atoms with Gasteiger partial charge in [-0.1, -0.05) is 13.0 Å². The van der Waals surface area contributed by atoms with Crippen molar-refractivity contribution in [2.75, 3.05) is 5.32 Å². The van der Waals surface area contributed by atoms with Crippen LogP contribution in [-0.4, -0.2) is 9.97 Å². The van der Waals surface area contributed by atoms with E-state index in [2.05, 4.69) is 49.3 Å². The van der Waals surface area contributed by atoms with E-state index in [4.69, 9.17) is 4.98 Å². The Hall–Kier alpha value is -2.14. The Kier molecular flexibility index (Phi) is 4.35. The number of nitrogens with one attached hydrogen (secondary N) is 2. The zero-order valence-corrected chi connectivity index (χ0v) is 16.6. The van der Waals surface area contributed by atoms with Gasteiger partial charge in [-0.25, -0.2) is 4.98 Å². The molecular formula is C21H25N3OS. The summed E-state index contributed by atoms with van der Waals surface area (Å²) in [4.78, 5) is 22.8. The molecule has 26 heavy (non-hydrogen) atoms. The zero-order chi connectivity index (χ0) is 18.4. The van der Waals surface area contributed by atoms with Gasteiger partial charge in [-0.05, 0) is 74.8 Å². The highest BCUT2D eigenvalue weighted by Crippen LogP contribution is 2.36. The fourth-order valence-electron chi connectivity index (χ4n) is 3.95. The van der Waals surface area contributed by atoms with E-state index in [-0.39, 0.29) is 11.6 Å². The minimum absolute atomic E-state index is 0.00567. The van der Waals surface area contributed by atoms with Crippen LogP contribution in [0.4, 0.5) is 5.69 Å². The van der Waals surface area contributed by atoms with Crippen LogP contribution in [0, 0.1) is 19.8 Å². The van der Waals surface area contributed by atoms with E-state index in [9.17, 15) is 4.79 Å². The molecule has 0 bridgehead atoms. The van der Waals surface area contributed by atoms with Crippen LogP contribution >= 0.6 is 11.3 Å². The van der Waals surface area contributed by atoms with Crippen LogP contribution in [0.3, 0.4) is 0 Å². The molecule has 3 aromatic rings. The summed E-state index contributed by atoms with van der Waals surface area (Å²) in [6.45, 7) is 8.50. The summed E-state index contributed by atoms with van der Waals surface area (Å²) in [5.74, 6) is 1.40. The number of rotatable bonds is 3. The van der Waals surface area contributed by atoms with Crippen molar-refractivity contribution in [1.29, 1.82) is 0 Å². The second-order valence-electron chi connectivity index (χ2n) is 7.73. The smallest absolute Gasteiger partial charge is 0.259 e. The van der Waals surface area contributed by atoms with Crippen molar-refractivity contribution in [3.05, 3.63) is 55.9 Å². The van der Waals surface area contributed by atoms with Crippen molar-refractivity contribution in [3.8, 4) is 0 Å². The van der Waals surface area contributed by atoms with Crippen molar-refractivity contribution in [3.63, 3.8) is 0 Å². The fraction of sp³-hybridized carbons (Fsp3) is 0.429. The summed E-state index contributed by atoms with van der Waals surface area (Å²) in [7, 11) is 0. The van der Waals surface area contributed by atoms with E-state index < -0.39 is 0 Å². The minimum atomic E-state index is -0.0636. The van der Waals surface area contributed by atoms with Gasteiger partial charge < -0.3 is 10.3 Å². The molecule has 4 rings (SSSR count). The molecule has 2 heterocycles.